The van der Waals surface area contributed by atoms with Gasteiger partial charge in [0.15, 0.2) is 0 Å². The number of anilines is 1. The Morgan fingerprint density at radius 3 is 2.32 bits per heavy atom. The molecular weight excluding hydrogens is 414 g/mol. The number of halogens is 1. The Hall–Kier alpha value is -3.31. The van der Waals surface area contributed by atoms with E-state index in [1.807, 2.05) is 24.3 Å². The van der Waals surface area contributed by atoms with Gasteiger partial charge in [-0.25, -0.2) is 9.59 Å². The van der Waals surface area contributed by atoms with E-state index in [4.69, 9.17) is 16.3 Å². The fourth-order valence-electron chi connectivity index (χ4n) is 4.72. The molecule has 0 saturated carbocycles. The van der Waals surface area contributed by atoms with Crippen LogP contribution >= 0.6 is 11.6 Å². The van der Waals surface area contributed by atoms with Gasteiger partial charge in [0, 0.05) is 17.5 Å². The molecule has 1 aliphatic heterocycles. The summed E-state index contributed by atoms with van der Waals surface area (Å²) < 4.78 is 5.76. The summed E-state index contributed by atoms with van der Waals surface area (Å²) in [5, 5.41) is 10.0. The SMILES string of the molecule is O=C(O)c1cc(Cl)cc2c1N(C(=O)OCC1c3ccccc3-c3ccccc31)CCC2. The van der Waals surface area contributed by atoms with Gasteiger partial charge in [0.2, 0.25) is 0 Å². The Labute approximate surface area is 184 Å². The van der Waals surface area contributed by atoms with Gasteiger partial charge in [0.1, 0.15) is 6.61 Å². The second-order valence-electron chi connectivity index (χ2n) is 7.83. The molecule has 31 heavy (non-hydrogen) atoms. The van der Waals surface area contributed by atoms with Crippen LogP contribution in [0.25, 0.3) is 11.1 Å². The lowest BCUT2D eigenvalue weighted by Crippen LogP contribution is -2.37. The second-order valence-corrected chi connectivity index (χ2v) is 8.26. The van der Waals surface area contributed by atoms with Gasteiger partial charge in [0.05, 0.1) is 11.3 Å². The Morgan fingerprint density at radius 1 is 1.03 bits per heavy atom. The van der Waals surface area contributed by atoms with Crippen molar-refractivity contribution in [1.82, 2.24) is 0 Å². The van der Waals surface area contributed by atoms with Crippen LogP contribution < -0.4 is 4.90 Å². The van der Waals surface area contributed by atoms with Crippen LogP contribution in [-0.2, 0) is 11.2 Å². The van der Waals surface area contributed by atoms with Gasteiger partial charge in [-0.2, -0.15) is 0 Å². The third-order valence-corrected chi connectivity index (χ3v) is 6.26. The average Bonchev–Trinajstić information content (AvgIpc) is 3.10. The normalized spacial score (nSPS) is 14.5. The number of carboxylic acid groups (broad SMARTS) is 1. The highest BCUT2D eigenvalue weighted by atomic mass is 35.5. The van der Waals surface area contributed by atoms with E-state index in [9.17, 15) is 14.7 Å². The Kier molecular flexibility index (Phi) is 4.91. The highest BCUT2D eigenvalue weighted by molar-refractivity contribution is 6.31. The summed E-state index contributed by atoms with van der Waals surface area (Å²) >= 11 is 6.10. The molecule has 1 heterocycles. The van der Waals surface area contributed by atoms with Crippen LogP contribution in [0, 0.1) is 0 Å². The van der Waals surface area contributed by atoms with Gasteiger partial charge in [0.25, 0.3) is 0 Å². The quantitative estimate of drug-likeness (QED) is 0.572. The molecule has 6 heteroatoms. The first kappa shape index (κ1) is 19.6. The number of benzene rings is 3. The van der Waals surface area contributed by atoms with E-state index >= 15 is 0 Å². The lowest BCUT2D eigenvalue weighted by molar-refractivity contribution is 0.0697. The minimum atomic E-state index is -1.11. The molecule has 3 aromatic carbocycles. The number of hydrogen-bond acceptors (Lipinski definition) is 3. The summed E-state index contributed by atoms with van der Waals surface area (Å²) in [7, 11) is 0. The van der Waals surface area contributed by atoms with Gasteiger partial charge < -0.3 is 9.84 Å². The molecule has 156 valence electrons. The van der Waals surface area contributed by atoms with E-state index in [0.717, 1.165) is 34.2 Å². The van der Waals surface area contributed by atoms with E-state index in [-0.39, 0.29) is 18.1 Å². The molecule has 0 fully saturated rings. The van der Waals surface area contributed by atoms with Crippen molar-refractivity contribution in [3.8, 4) is 11.1 Å². The van der Waals surface area contributed by atoms with Crippen molar-refractivity contribution in [1.29, 1.82) is 0 Å². The van der Waals surface area contributed by atoms with E-state index < -0.39 is 12.1 Å². The Morgan fingerprint density at radius 2 is 1.68 bits per heavy atom. The molecule has 0 spiro atoms. The van der Waals surface area contributed by atoms with Gasteiger partial charge in [-0.05, 0) is 52.8 Å². The molecule has 1 aliphatic carbocycles. The molecule has 0 unspecified atom stereocenters. The minimum absolute atomic E-state index is 0.0238. The zero-order valence-corrected chi connectivity index (χ0v) is 17.4. The van der Waals surface area contributed by atoms with Crippen LogP contribution in [0.4, 0.5) is 10.5 Å². The number of rotatable bonds is 3. The molecule has 0 radical (unpaired) electrons. The van der Waals surface area contributed by atoms with E-state index in [0.29, 0.717) is 23.7 Å². The smallest absolute Gasteiger partial charge is 0.414 e. The van der Waals surface area contributed by atoms with Crippen LogP contribution in [-0.4, -0.2) is 30.3 Å². The molecule has 3 aromatic rings. The predicted molar refractivity (Wildman–Crippen MR) is 119 cm³/mol. The summed E-state index contributed by atoms with van der Waals surface area (Å²) in [6.07, 6.45) is 0.854. The summed E-state index contributed by atoms with van der Waals surface area (Å²) in [5.74, 6) is -1.16. The molecule has 1 amide bonds. The summed E-state index contributed by atoms with van der Waals surface area (Å²) in [5.41, 5.74) is 5.75. The molecule has 5 nitrogen and oxygen atoms in total. The number of nitrogens with zero attached hydrogens (tertiary/aromatic N) is 1. The van der Waals surface area contributed by atoms with Gasteiger partial charge in [-0.1, -0.05) is 60.1 Å². The summed E-state index contributed by atoms with van der Waals surface area (Å²) in [4.78, 5) is 26.3. The zero-order chi connectivity index (χ0) is 21.5. The fourth-order valence-corrected chi connectivity index (χ4v) is 4.96. The minimum Gasteiger partial charge on any atom is -0.478 e. The molecular formula is C25H20ClNO4. The number of carbonyl (C=O) groups is 2. The first-order valence-electron chi connectivity index (χ1n) is 10.2. The van der Waals surface area contributed by atoms with Crippen LogP contribution in [0.1, 0.15) is 39.4 Å². The topological polar surface area (TPSA) is 66.8 Å². The van der Waals surface area contributed by atoms with E-state index in [2.05, 4.69) is 24.3 Å². The lowest BCUT2D eigenvalue weighted by Gasteiger charge is -2.30. The maximum Gasteiger partial charge on any atom is 0.414 e. The van der Waals surface area contributed by atoms with Gasteiger partial charge >= 0.3 is 12.1 Å². The molecule has 0 bridgehead atoms. The maximum absolute atomic E-state index is 13.1. The number of aromatic carboxylic acids is 1. The monoisotopic (exact) mass is 433 g/mol. The van der Waals surface area contributed by atoms with E-state index in [1.54, 1.807) is 6.07 Å². The highest BCUT2D eigenvalue weighted by Gasteiger charge is 2.32. The lowest BCUT2D eigenvalue weighted by atomic mass is 9.97. The molecule has 5 rings (SSSR count). The standard InChI is InChI=1S/C25H20ClNO4/c26-16-12-15-6-5-11-27(23(15)21(13-16)24(28)29)25(30)31-14-22-19-9-3-1-7-17(19)18-8-2-4-10-20(18)22/h1-4,7-10,12-13,22H,5-6,11,14H2,(H,28,29). The first-order valence-corrected chi connectivity index (χ1v) is 10.6. The van der Waals surface area contributed by atoms with Crippen molar-refractivity contribution in [2.75, 3.05) is 18.1 Å². The van der Waals surface area contributed by atoms with Gasteiger partial charge in [-0.15, -0.1) is 0 Å². The maximum atomic E-state index is 13.1. The zero-order valence-electron chi connectivity index (χ0n) is 16.7. The Balaban J connectivity index is 1.43. The third-order valence-electron chi connectivity index (χ3n) is 6.04. The Bertz CT molecular complexity index is 1160. The summed E-state index contributed by atoms with van der Waals surface area (Å²) in [6.45, 7) is 0.597. The van der Waals surface area contributed by atoms with Crippen LogP contribution in [0.3, 0.4) is 0 Å². The second kappa shape index (κ2) is 7.75. The number of carbonyl (C=O) groups excluding carboxylic acids is 1. The average molecular weight is 434 g/mol. The fraction of sp³-hybridized carbons (Fsp3) is 0.200. The molecule has 0 atom stereocenters. The number of aryl methyl sites for hydroxylation is 1. The number of fused-ring (bicyclic) bond motifs is 4. The number of ether oxygens (including phenoxy) is 1. The highest BCUT2D eigenvalue weighted by Crippen LogP contribution is 2.44. The van der Waals surface area contributed by atoms with Crippen molar-refractivity contribution in [2.24, 2.45) is 0 Å². The van der Waals surface area contributed by atoms with Crippen LogP contribution in [0.5, 0.6) is 0 Å². The number of hydrogen-bond donors (Lipinski definition) is 1. The molecule has 1 N–H and O–H groups in total. The molecule has 0 saturated heterocycles. The third kappa shape index (κ3) is 3.35. The molecule has 2 aliphatic rings. The van der Waals surface area contributed by atoms with Crippen LogP contribution in [0.2, 0.25) is 5.02 Å². The number of amides is 1. The van der Waals surface area contributed by atoms with Crippen molar-refractivity contribution < 1.29 is 19.4 Å². The van der Waals surface area contributed by atoms with Crippen molar-refractivity contribution in [3.05, 3.63) is 87.9 Å². The van der Waals surface area contributed by atoms with Crippen LogP contribution in [0.15, 0.2) is 60.7 Å². The largest absolute Gasteiger partial charge is 0.478 e. The van der Waals surface area contributed by atoms with Gasteiger partial charge in [-0.3, -0.25) is 4.90 Å². The number of carboxylic acids is 1. The summed E-state index contributed by atoms with van der Waals surface area (Å²) in [6, 6.07) is 19.4. The van der Waals surface area contributed by atoms with Crippen molar-refractivity contribution >= 4 is 29.4 Å². The van der Waals surface area contributed by atoms with Crippen molar-refractivity contribution in [3.63, 3.8) is 0 Å². The first-order chi connectivity index (χ1) is 15.0. The van der Waals surface area contributed by atoms with Crippen molar-refractivity contribution in [2.45, 2.75) is 18.8 Å². The predicted octanol–water partition coefficient (Wildman–Crippen LogP) is 5.74. The molecule has 0 aromatic heterocycles. The van der Waals surface area contributed by atoms with E-state index in [1.165, 1.54) is 11.0 Å².